The van der Waals surface area contributed by atoms with E-state index in [4.69, 9.17) is 11.6 Å². The number of amides is 1. The predicted molar refractivity (Wildman–Crippen MR) is 124 cm³/mol. The average molecular weight is 416 g/mol. The summed E-state index contributed by atoms with van der Waals surface area (Å²) in [6, 6.07) is 23.5. The number of carbonyl (C=O) groups excluding carboxylic acids is 1. The van der Waals surface area contributed by atoms with Crippen molar-refractivity contribution < 1.29 is 4.79 Å². The van der Waals surface area contributed by atoms with Crippen LogP contribution in [0.15, 0.2) is 77.9 Å². The van der Waals surface area contributed by atoms with Crippen LogP contribution < -0.4 is 5.43 Å². The highest BCUT2D eigenvalue weighted by Gasteiger charge is 2.19. The van der Waals surface area contributed by atoms with Crippen LogP contribution in [0.25, 0.3) is 22.0 Å². The van der Waals surface area contributed by atoms with Crippen LogP contribution in [0.1, 0.15) is 35.5 Å². The van der Waals surface area contributed by atoms with E-state index >= 15 is 0 Å². The minimum absolute atomic E-state index is 0.300. The molecule has 0 radical (unpaired) electrons. The number of rotatable bonds is 5. The number of aryl methyl sites for hydroxylation is 1. The van der Waals surface area contributed by atoms with E-state index in [2.05, 4.69) is 34.6 Å². The third-order valence-electron chi connectivity index (χ3n) is 5.16. The first kappa shape index (κ1) is 19.9. The molecule has 0 spiro atoms. The summed E-state index contributed by atoms with van der Waals surface area (Å²) in [5.41, 5.74) is 8.72. The maximum atomic E-state index is 13.0. The lowest BCUT2D eigenvalue weighted by Crippen LogP contribution is -2.20. The minimum Gasteiger partial charge on any atom is -0.350 e. The van der Waals surface area contributed by atoms with Crippen LogP contribution in [0, 0.1) is 0 Å². The van der Waals surface area contributed by atoms with Gasteiger partial charge in [0.05, 0.1) is 5.71 Å². The normalized spacial score (nSPS) is 11.6. The number of nitrogens with zero attached hydrogens (tertiary/aromatic N) is 1. The molecule has 0 saturated heterocycles. The number of benzene rings is 3. The lowest BCUT2D eigenvalue weighted by Gasteiger charge is -2.06. The average Bonchev–Trinajstić information content (AvgIpc) is 3.16. The number of H-pyrrole nitrogens is 1. The molecule has 0 bridgehead atoms. The zero-order valence-electron chi connectivity index (χ0n) is 16.9. The highest BCUT2D eigenvalue weighted by atomic mass is 35.5. The van der Waals surface area contributed by atoms with E-state index in [1.54, 1.807) is 6.07 Å². The van der Waals surface area contributed by atoms with Crippen molar-refractivity contribution in [2.75, 3.05) is 0 Å². The molecule has 1 aromatic heterocycles. The molecule has 0 aliphatic carbocycles. The summed E-state index contributed by atoms with van der Waals surface area (Å²) in [7, 11) is 0. The summed E-state index contributed by atoms with van der Waals surface area (Å²) < 4.78 is 0. The Morgan fingerprint density at radius 1 is 1.03 bits per heavy atom. The second-order valence-corrected chi connectivity index (χ2v) is 7.56. The number of nitrogens with one attached hydrogen (secondary N) is 2. The fraction of sp³-hybridized carbons (Fsp3) is 0.120. The highest BCUT2D eigenvalue weighted by molar-refractivity contribution is 6.31. The third kappa shape index (κ3) is 4.00. The smallest absolute Gasteiger partial charge is 0.288 e. The van der Waals surface area contributed by atoms with Gasteiger partial charge in [-0.1, -0.05) is 73.1 Å². The van der Waals surface area contributed by atoms with Gasteiger partial charge in [0.25, 0.3) is 5.91 Å². The van der Waals surface area contributed by atoms with E-state index < -0.39 is 0 Å². The lowest BCUT2D eigenvalue weighted by atomic mass is 10.0. The number of fused-ring (bicyclic) bond motifs is 1. The molecule has 0 atom stereocenters. The van der Waals surface area contributed by atoms with Crippen LogP contribution in [0.5, 0.6) is 0 Å². The fourth-order valence-corrected chi connectivity index (χ4v) is 3.65. The van der Waals surface area contributed by atoms with Crippen LogP contribution in [-0.4, -0.2) is 16.6 Å². The molecule has 1 amide bonds. The molecule has 1 heterocycles. The molecule has 2 N–H and O–H groups in total. The third-order valence-corrected chi connectivity index (χ3v) is 5.39. The van der Waals surface area contributed by atoms with E-state index in [0.29, 0.717) is 10.7 Å². The second kappa shape index (κ2) is 8.56. The summed E-state index contributed by atoms with van der Waals surface area (Å²) >= 11 is 6.22. The van der Waals surface area contributed by atoms with E-state index in [-0.39, 0.29) is 5.91 Å². The van der Waals surface area contributed by atoms with Gasteiger partial charge in [0.15, 0.2) is 0 Å². The van der Waals surface area contributed by atoms with E-state index in [9.17, 15) is 4.79 Å². The first-order valence-electron chi connectivity index (χ1n) is 9.87. The second-order valence-electron chi connectivity index (χ2n) is 7.12. The number of hydrazone groups is 1. The van der Waals surface area contributed by atoms with Crippen molar-refractivity contribution in [3.63, 3.8) is 0 Å². The molecule has 150 valence electrons. The van der Waals surface area contributed by atoms with Gasteiger partial charge in [-0.2, -0.15) is 5.10 Å². The Kier molecular flexibility index (Phi) is 5.68. The maximum absolute atomic E-state index is 13.0. The van der Waals surface area contributed by atoms with E-state index in [0.717, 1.165) is 39.7 Å². The first-order chi connectivity index (χ1) is 14.6. The number of halogens is 1. The van der Waals surface area contributed by atoms with Gasteiger partial charge in [-0.25, -0.2) is 5.43 Å². The molecule has 0 aliphatic heterocycles. The SMILES string of the molecule is CCc1ccc(/C(C)=N/NC(=O)c2[nH]c3ccc(Cl)cc3c2-c2ccccc2)cc1. The monoisotopic (exact) mass is 415 g/mol. The minimum atomic E-state index is -0.300. The summed E-state index contributed by atoms with van der Waals surface area (Å²) in [6.45, 7) is 4.00. The molecular weight excluding hydrogens is 394 g/mol. The van der Waals surface area contributed by atoms with Crippen molar-refractivity contribution in [3.8, 4) is 11.1 Å². The van der Waals surface area contributed by atoms with Crippen molar-refractivity contribution in [2.45, 2.75) is 20.3 Å². The van der Waals surface area contributed by atoms with Gasteiger partial charge in [0.1, 0.15) is 5.69 Å². The Bertz CT molecular complexity index is 1220. The molecule has 0 aliphatic rings. The number of hydrogen-bond donors (Lipinski definition) is 2. The molecule has 3 aromatic carbocycles. The molecule has 5 heteroatoms. The van der Waals surface area contributed by atoms with Crippen LogP contribution >= 0.6 is 11.6 Å². The summed E-state index contributed by atoms with van der Waals surface area (Å²) in [4.78, 5) is 16.3. The first-order valence-corrected chi connectivity index (χ1v) is 10.2. The van der Waals surface area contributed by atoms with Crippen LogP contribution in [0.2, 0.25) is 5.02 Å². The Labute approximate surface area is 180 Å². The van der Waals surface area contributed by atoms with Crippen molar-refractivity contribution in [3.05, 3.63) is 94.6 Å². The fourth-order valence-electron chi connectivity index (χ4n) is 3.48. The highest BCUT2D eigenvalue weighted by Crippen LogP contribution is 2.34. The zero-order chi connectivity index (χ0) is 21.1. The molecule has 0 fully saturated rings. The molecule has 30 heavy (non-hydrogen) atoms. The standard InChI is InChI=1S/C25H22ClN3O/c1-3-17-9-11-18(12-10-17)16(2)28-29-25(30)24-23(19-7-5-4-6-8-19)21-15-20(26)13-14-22(21)27-24/h4-15,27H,3H2,1-2H3,(H,29,30)/b28-16+. The van der Waals surface area contributed by atoms with Gasteiger partial charge in [-0.3, -0.25) is 4.79 Å². The lowest BCUT2D eigenvalue weighted by molar-refractivity contribution is 0.0951. The van der Waals surface area contributed by atoms with Crippen molar-refractivity contribution >= 4 is 34.1 Å². The topological polar surface area (TPSA) is 57.2 Å². The number of aromatic nitrogens is 1. The van der Waals surface area contributed by atoms with Gasteiger partial charge < -0.3 is 4.98 Å². The molecule has 4 aromatic rings. The van der Waals surface area contributed by atoms with Crippen molar-refractivity contribution in [2.24, 2.45) is 5.10 Å². The largest absolute Gasteiger partial charge is 0.350 e. The summed E-state index contributed by atoms with van der Waals surface area (Å²) in [6.07, 6.45) is 0.986. The molecular formula is C25H22ClN3O. The Balaban J connectivity index is 1.69. The number of aromatic amines is 1. The van der Waals surface area contributed by atoms with Crippen LogP contribution in [-0.2, 0) is 6.42 Å². The molecule has 4 rings (SSSR count). The summed E-state index contributed by atoms with van der Waals surface area (Å²) in [5, 5.41) is 5.84. The molecule has 0 unspecified atom stereocenters. The Hall–Kier alpha value is -3.37. The molecule has 4 nitrogen and oxygen atoms in total. The Morgan fingerprint density at radius 2 is 1.77 bits per heavy atom. The van der Waals surface area contributed by atoms with Gasteiger partial charge in [0.2, 0.25) is 0 Å². The summed E-state index contributed by atoms with van der Waals surface area (Å²) in [5.74, 6) is -0.300. The van der Waals surface area contributed by atoms with Crippen LogP contribution in [0.4, 0.5) is 0 Å². The quantitative estimate of drug-likeness (QED) is 0.295. The number of hydrogen-bond acceptors (Lipinski definition) is 2. The van der Waals surface area contributed by atoms with Crippen molar-refractivity contribution in [1.29, 1.82) is 0 Å². The van der Waals surface area contributed by atoms with Crippen LogP contribution in [0.3, 0.4) is 0 Å². The van der Waals surface area contributed by atoms with Gasteiger partial charge in [0, 0.05) is 21.5 Å². The van der Waals surface area contributed by atoms with Gasteiger partial charge in [-0.05, 0) is 48.2 Å². The van der Waals surface area contributed by atoms with E-state index in [1.807, 2.05) is 61.5 Å². The predicted octanol–water partition coefficient (Wildman–Crippen LogP) is 6.20. The molecule has 0 saturated carbocycles. The number of carbonyl (C=O) groups is 1. The van der Waals surface area contributed by atoms with Crippen molar-refractivity contribution in [1.82, 2.24) is 10.4 Å². The van der Waals surface area contributed by atoms with Gasteiger partial charge >= 0.3 is 0 Å². The van der Waals surface area contributed by atoms with E-state index in [1.165, 1.54) is 5.56 Å². The zero-order valence-corrected chi connectivity index (χ0v) is 17.6. The van der Waals surface area contributed by atoms with Gasteiger partial charge in [-0.15, -0.1) is 0 Å². The Morgan fingerprint density at radius 3 is 2.47 bits per heavy atom. The maximum Gasteiger partial charge on any atom is 0.288 e.